The van der Waals surface area contributed by atoms with Gasteiger partial charge in [0.15, 0.2) is 0 Å². The van der Waals surface area contributed by atoms with E-state index in [4.69, 9.17) is 4.74 Å². The third-order valence-corrected chi connectivity index (χ3v) is 5.63. The SMILES string of the molecule is CN(C)C(=O)c1sc2ccccc2c1[C@@H]1CN(c2ncccn2)CCO1. The molecule has 1 aromatic carbocycles. The van der Waals surface area contributed by atoms with Crippen molar-refractivity contribution in [3.8, 4) is 0 Å². The summed E-state index contributed by atoms with van der Waals surface area (Å²) in [5.41, 5.74) is 0.977. The second-order valence-corrected chi connectivity index (χ2v) is 7.45. The summed E-state index contributed by atoms with van der Waals surface area (Å²) in [6.07, 6.45) is 3.30. The number of amides is 1. The van der Waals surface area contributed by atoms with Crippen molar-refractivity contribution in [3.05, 3.63) is 53.2 Å². The Morgan fingerprint density at radius 2 is 2.00 bits per heavy atom. The predicted octanol–water partition coefficient (Wildman–Crippen LogP) is 2.97. The highest BCUT2D eigenvalue weighted by atomic mass is 32.1. The largest absolute Gasteiger partial charge is 0.370 e. The maximum absolute atomic E-state index is 12.8. The molecule has 1 aliphatic rings. The molecular formula is C19H20N4O2S. The van der Waals surface area contributed by atoms with Gasteiger partial charge in [-0.05, 0) is 17.5 Å². The third-order valence-electron chi connectivity index (χ3n) is 4.46. The number of anilines is 1. The average Bonchev–Trinajstić information content (AvgIpc) is 3.07. The van der Waals surface area contributed by atoms with Crippen LogP contribution in [0.15, 0.2) is 42.7 Å². The zero-order chi connectivity index (χ0) is 18.1. The van der Waals surface area contributed by atoms with E-state index in [9.17, 15) is 4.79 Å². The number of hydrogen-bond donors (Lipinski definition) is 0. The third kappa shape index (κ3) is 3.04. The Morgan fingerprint density at radius 1 is 1.23 bits per heavy atom. The molecule has 134 valence electrons. The lowest BCUT2D eigenvalue weighted by Crippen LogP contribution is -2.39. The van der Waals surface area contributed by atoms with Gasteiger partial charge in [0.1, 0.15) is 6.10 Å². The Hall–Kier alpha value is -2.51. The molecule has 1 fully saturated rings. The van der Waals surface area contributed by atoms with Crippen LogP contribution in [0.1, 0.15) is 21.3 Å². The maximum Gasteiger partial charge on any atom is 0.263 e. The molecule has 1 saturated heterocycles. The summed E-state index contributed by atoms with van der Waals surface area (Å²) in [6, 6.07) is 9.93. The van der Waals surface area contributed by atoms with Gasteiger partial charge in [-0.2, -0.15) is 0 Å². The van der Waals surface area contributed by atoms with Crippen LogP contribution in [0.25, 0.3) is 10.1 Å². The van der Waals surface area contributed by atoms with Crippen molar-refractivity contribution in [2.24, 2.45) is 0 Å². The fourth-order valence-electron chi connectivity index (χ4n) is 3.21. The maximum atomic E-state index is 12.8. The molecule has 4 rings (SSSR count). The number of aromatic nitrogens is 2. The molecule has 2 aromatic heterocycles. The van der Waals surface area contributed by atoms with Crippen LogP contribution in [0.4, 0.5) is 5.95 Å². The van der Waals surface area contributed by atoms with Crippen molar-refractivity contribution in [3.63, 3.8) is 0 Å². The highest BCUT2D eigenvalue weighted by Crippen LogP contribution is 2.38. The van der Waals surface area contributed by atoms with E-state index in [2.05, 4.69) is 27.0 Å². The number of ether oxygens (including phenoxy) is 1. The summed E-state index contributed by atoms with van der Waals surface area (Å²) >= 11 is 1.53. The number of rotatable bonds is 3. The van der Waals surface area contributed by atoms with Crippen LogP contribution in [0, 0.1) is 0 Å². The van der Waals surface area contributed by atoms with Crippen LogP contribution in [-0.2, 0) is 4.74 Å². The van der Waals surface area contributed by atoms with Gasteiger partial charge in [-0.15, -0.1) is 11.3 Å². The first-order chi connectivity index (χ1) is 12.6. The number of fused-ring (bicyclic) bond motifs is 1. The summed E-state index contributed by atoms with van der Waals surface area (Å²) in [5.74, 6) is 0.707. The molecule has 0 N–H and O–H groups in total. The van der Waals surface area contributed by atoms with Gasteiger partial charge in [-0.1, -0.05) is 18.2 Å². The molecule has 6 nitrogen and oxygen atoms in total. The van der Waals surface area contributed by atoms with E-state index >= 15 is 0 Å². The van der Waals surface area contributed by atoms with Crippen molar-refractivity contribution in [1.82, 2.24) is 14.9 Å². The monoisotopic (exact) mass is 368 g/mol. The summed E-state index contributed by atoms with van der Waals surface area (Å²) in [5, 5.41) is 1.09. The Kier molecular flexibility index (Phi) is 4.57. The van der Waals surface area contributed by atoms with E-state index in [0.29, 0.717) is 19.1 Å². The van der Waals surface area contributed by atoms with Gasteiger partial charge in [-0.25, -0.2) is 9.97 Å². The summed E-state index contributed by atoms with van der Waals surface area (Å²) in [6.45, 7) is 1.93. The number of morpholine rings is 1. The minimum absolute atomic E-state index is 0.0119. The van der Waals surface area contributed by atoms with Crippen LogP contribution in [0.3, 0.4) is 0 Å². The van der Waals surface area contributed by atoms with E-state index in [1.807, 2.05) is 18.2 Å². The summed E-state index contributed by atoms with van der Waals surface area (Å²) < 4.78 is 7.19. The quantitative estimate of drug-likeness (QED) is 0.711. The van der Waals surface area contributed by atoms with Crippen molar-refractivity contribution >= 4 is 33.3 Å². The molecule has 0 radical (unpaired) electrons. The number of hydrogen-bond acceptors (Lipinski definition) is 6. The predicted molar refractivity (Wildman–Crippen MR) is 103 cm³/mol. The number of carbonyl (C=O) groups excluding carboxylic acids is 1. The lowest BCUT2D eigenvalue weighted by Gasteiger charge is -2.33. The average molecular weight is 368 g/mol. The summed E-state index contributed by atoms with van der Waals surface area (Å²) in [4.78, 5) is 26.0. The molecule has 0 unspecified atom stereocenters. The molecule has 3 aromatic rings. The zero-order valence-corrected chi connectivity index (χ0v) is 15.6. The highest BCUT2D eigenvalue weighted by molar-refractivity contribution is 7.21. The molecule has 26 heavy (non-hydrogen) atoms. The van der Waals surface area contributed by atoms with Gasteiger partial charge in [-0.3, -0.25) is 4.79 Å². The molecular weight excluding hydrogens is 348 g/mol. The van der Waals surface area contributed by atoms with Crippen LogP contribution in [0.5, 0.6) is 0 Å². The molecule has 7 heteroatoms. The van der Waals surface area contributed by atoms with Gasteiger partial charge in [0.2, 0.25) is 5.95 Å². The first-order valence-corrected chi connectivity index (χ1v) is 9.33. The second-order valence-electron chi connectivity index (χ2n) is 6.39. The molecule has 0 saturated carbocycles. The van der Waals surface area contributed by atoms with Crippen molar-refractivity contribution in [2.45, 2.75) is 6.10 Å². The molecule has 1 aliphatic heterocycles. The van der Waals surface area contributed by atoms with Gasteiger partial charge < -0.3 is 14.5 Å². The molecule has 1 amide bonds. The van der Waals surface area contributed by atoms with Gasteiger partial charge in [0.05, 0.1) is 18.0 Å². The number of benzene rings is 1. The zero-order valence-electron chi connectivity index (χ0n) is 14.8. The minimum Gasteiger partial charge on any atom is -0.370 e. The van der Waals surface area contributed by atoms with Crippen molar-refractivity contribution < 1.29 is 9.53 Å². The number of nitrogens with zero attached hydrogens (tertiary/aromatic N) is 4. The summed E-state index contributed by atoms with van der Waals surface area (Å²) in [7, 11) is 3.56. The van der Waals surface area contributed by atoms with Crippen molar-refractivity contribution in [2.75, 3.05) is 38.7 Å². The lowest BCUT2D eigenvalue weighted by molar-refractivity contribution is 0.0393. The van der Waals surface area contributed by atoms with Gasteiger partial charge in [0, 0.05) is 43.3 Å². The van der Waals surface area contributed by atoms with E-state index in [-0.39, 0.29) is 12.0 Å². The molecule has 0 spiro atoms. The minimum atomic E-state index is -0.192. The fourth-order valence-corrected chi connectivity index (χ4v) is 4.48. The van der Waals surface area contributed by atoms with Crippen LogP contribution in [-0.4, -0.2) is 54.6 Å². The second kappa shape index (κ2) is 7.01. The number of carbonyl (C=O) groups is 1. The van der Waals surface area contributed by atoms with Crippen LogP contribution < -0.4 is 4.90 Å². The smallest absolute Gasteiger partial charge is 0.263 e. The highest BCUT2D eigenvalue weighted by Gasteiger charge is 2.31. The standard InChI is InChI=1S/C19H20N4O2S/c1-22(2)18(24)17-16(13-6-3-4-7-15(13)26-17)14-12-23(10-11-25-14)19-20-8-5-9-21-19/h3-9,14H,10-12H2,1-2H3/t14-/m0/s1. The van der Waals surface area contributed by atoms with Crippen LogP contribution in [0.2, 0.25) is 0 Å². The van der Waals surface area contributed by atoms with Gasteiger partial charge >= 0.3 is 0 Å². The van der Waals surface area contributed by atoms with E-state index < -0.39 is 0 Å². The Labute approximate surface area is 156 Å². The molecule has 0 aliphatic carbocycles. The fraction of sp³-hybridized carbons (Fsp3) is 0.316. The first kappa shape index (κ1) is 16.9. The van der Waals surface area contributed by atoms with E-state index in [1.54, 1.807) is 31.4 Å². The van der Waals surface area contributed by atoms with E-state index in [1.165, 1.54) is 11.3 Å². The van der Waals surface area contributed by atoms with Crippen LogP contribution >= 0.6 is 11.3 Å². The Morgan fingerprint density at radius 3 is 2.77 bits per heavy atom. The topological polar surface area (TPSA) is 58.6 Å². The van der Waals surface area contributed by atoms with Crippen molar-refractivity contribution in [1.29, 1.82) is 0 Å². The van der Waals surface area contributed by atoms with E-state index in [0.717, 1.165) is 27.1 Å². The Bertz CT molecular complexity index is 926. The van der Waals surface area contributed by atoms with Gasteiger partial charge in [0.25, 0.3) is 5.91 Å². The molecule has 0 bridgehead atoms. The first-order valence-electron chi connectivity index (χ1n) is 8.52. The molecule has 3 heterocycles. The normalized spacial score (nSPS) is 17.5. The number of thiophene rings is 1. The molecule has 1 atom stereocenters. The Balaban J connectivity index is 1.75. The lowest BCUT2D eigenvalue weighted by atomic mass is 10.0.